The van der Waals surface area contributed by atoms with Gasteiger partial charge in [-0.2, -0.15) is 0 Å². The van der Waals surface area contributed by atoms with E-state index in [-0.39, 0.29) is 27.9 Å². The lowest BCUT2D eigenvalue weighted by Crippen LogP contribution is -2.46. The summed E-state index contributed by atoms with van der Waals surface area (Å²) in [6.07, 6.45) is 2.56. The van der Waals surface area contributed by atoms with E-state index in [0.29, 0.717) is 24.2 Å². The third-order valence-corrected chi connectivity index (χ3v) is 6.56. The molecule has 2 atom stereocenters. The summed E-state index contributed by atoms with van der Waals surface area (Å²) in [4.78, 5) is 0.247. The molecule has 0 aromatic heterocycles. The molecule has 0 amide bonds. The van der Waals surface area contributed by atoms with Crippen LogP contribution >= 0.6 is 0 Å². The maximum atomic E-state index is 11.8. The maximum Gasteiger partial charge on any atom is 0.233 e. The number of benzene rings is 1. The first-order valence-electron chi connectivity index (χ1n) is 8.59. The number of primary sulfonamides is 1. The molecule has 6 heteroatoms. The summed E-state index contributed by atoms with van der Waals surface area (Å²) < 4.78 is 29.9. The molecule has 0 spiro atoms. The third kappa shape index (κ3) is 3.17. The standard InChI is InChI=1S/C19H27NO4S/c1-18(2,3)11-8-15(21)17-13-10-12(25(20,22)23)6-7-14(13)19(4,5)24-16(17)9-11/h6,8-9,13-14,21H,7,10H2,1-5H3,(H2,20,22,23)/t13-,14-/m1/s1. The molecule has 1 aromatic carbocycles. The van der Waals surface area contributed by atoms with Crippen molar-refractivity contribution >= 4 is 10.0 Å². The quantitative estimate of drug-likeness (QED) is 0.797. The van der Waals surface area contributed by atoms with E-state index < -0.39 is 15.6 Å². The normalized spacial score (nSPS) is 25.4. The summed E-state index contributed by atoms with van der Waals surface area (Å²) in [6.45, 7) is 10.3. The average Bonchev–Trinajstić information content (AvgIpc) is 2.43. The Hall–Kier alpha value is -1.53. The van der Waals surface area contributed by atoms with Gasteiger partial charge in [-0.3, -0.25) is 0 Å². The first-order valence-corrected chi connectivity index (χ1v) is 10.1. The van der Waals surface area contributed by atoms with E-state index in [1.807, 2.05) is 19.9 Å². The Bertz CT molecular complexity index is 847. The molecule has 0 fully saturated rings. The van der Waals surface area contributed by atoms with Crippen LogP contribution in [-0.2, 0) is 15.4 Å². The second-order valence-corrected chi connectivity index (χ2v) is 10.3. The summed E-state index contributed by atoms with van der Waals surface area (Å²) in [7, 11) is -3.72. The zero-order valence-electron chi connectivity index (χ0n) is 15.5. The third-order valence-electron chi connectivity index (χ3n) is 5.49. The predicted octanol–water partition coefficient (Wildman–Crippen LogP) is 3.53. The number of aromatic hydroxyl groups is 1. The lowest BCUT2D eigenvalue weighted by atomic mass is 9.68. The molecule has 5 nitrogen and oxygen atoms in total. The molecule has 3 rings (SSSR count). The molecule has 0 unspecified atom stereocenters. The van der Waals surface area contributed by atoms with Crippen LogP contribution in [0.2, 0.25) is 0 Å². The van der Waals surface area contributed by atoms with Crippen molar-refractivity contribution in [2.45, 2.75) is 64.4 Å². The van der Waals surface area contributed by atoms with Crippen molar-refractivity contribution in [3.8, 4) is 11.5 Å². The fourth-order valence-electron chi connectivity index (χ4n) is 4.03. The Morgan fingerprint density at radius 1 is 1.28 bits per heavy atom. The molecule has 3 N–H and O–H groups in total. The zero-order chi connectivity index (χ0) is 18.8. The van der Waals surface area contributed by atoms with Crippen LogP contribution in [0.1, 0.15) is 64.5 Å². The highest BCUT2D eigenvalue weighted by Crippen LogP contribution is 2.55. The second-order valence-electron chi connectivity index (χ2n) is 8.73. The van der Waals surface area contributed by atoms with Crippen molar-refractivity contribution in [1.29, 1.82) is 0 Å². The van der Waals surface area contributed by atoms with Gasteiger partial charge in [-0.1, -0.05) is 26.8 Å². The molecular weight excluding hydrogens is 338 g/mol. The van der Waals surface area contributed by atoms with E-state index >= 15 is 0 Å². The second kappa shape index (κ2) is 5.48. The first-order chi connectivity index (χ1) is 11.3. The predicted molar refractivity (Wildman–Crippen MR) is 98.2 cm³/mol. The minimum Gasteiger partial charge on any atom is -0.508 e. The van der Waals surface area contributed by atoms with Gasteiger partial charge in [0.05, 0.1) is 4.91 Å². The van der Waals surface area contributed by atoms with Gasteiger partial charge in [0, 0.05) is 17.4 Å². The summed E-state index contributed by atoms with van der Waals surface area (Å²) in [5.74, 6) is 0.762. The number of allylic oxidation sites excluding steroid dienone is 2. The van der Waals surface area contributed by atoms with Gasteiger partial charge in [0.25, 0.3) is 0 Å². The highest BCUT2D eigenvalue weighted by atomic mass is 32.2. The van der Waals surface area contributed by atoms with Crippen molar-refractivity contribution in [1.82, 2.24) is 0 Å². The SMILES string of the molecule is CC(C)(C)c1cc(O)c2c(c1)OC(C)(C)[C@@H]1CC=C(S(N)(=O)=O)C[C@@H]21. The minimum atomic E-state index is -3.72. The van der Waals surface area contributed by atoms with E-state index in [0.717, 1.165) is 5.56 Å². The molecule has 0 bridgehead atoms. The van der Waals surface area contributed by atoms with Gasteiger partial charge in [0.2, 0.25) is 10.0 Å². The van der Waals surface area contributed by atoms with Crippen LogP contribution in [0.5, 0.6) is 11.5 Å². The smallest absolute Gasteiger partial charge is 0.233 e. The van der Waals surface area contributed by atoms with Crippen molar-refractivity contribution < 1.29 is 18.3 Å². The van der Waals surface area contributed by atoms with Gasteiger partial charge < -0.3 is 9.84 Å². The fourth-order valence-corrected chi connectivity index (χ4v) is 4.77. The van der Waals surface area contributed by atoms with Crippen LogP contribution in [0.3, 0.4) is 0 Å². The highest BCUT2D eigenvalue weighted by molar-refractivity contribution is 7.93. The Morgan fingerprint density at radius 2 is 1.92 bits per heavy atom. The molecule has 0 saturated carbocycles. The van der Waals surface area contributed by atoms with Crippen molar-refractivity contribution in [3.63, 3.8) is 0 Å². The Kier molecular flexibility index (Phi) is 4.01. The van der Waals surface area contributed by atoms with E-state index in [4.69, 9.17) is 9.88 Å². The van der Waals surface area contributed by atoms with Crippen LogP contribution < -0.4 is 9.88 Å². The number of fused-ring (bicyclic) bond motifs is 3. The monoisotopic (exact) mass is 365 g/mol. The highest BCUT2D eigenvalue weighted by Gasteiger charge is 2.47. The number of sulfonamides is 1. The molecule has 25 heavy (non-hydrogen) atoms. The van der Waals surface area contributed by atoms with E-state index in [1.54, 1.807) is 12.1 Å². The lowest BCUT2D eigenvalue weighted by Gasteiger charge is -2.47. The van der Waals surface area contributed by atoms with Gasteiger partial charge >= 0.3 is 0 Å². The summed E-state index contributed by atoms with van der Waals surface area (Å²) in [6, 6.07) is 3.74. The zero-order valence-corrected chi connectivity index (χ0v) is 16.3. The van der Waals surface area contributed by atoms with Crippen LogP contribution in [0, 0.1) is 5.92 Å². The fraction of sp³-hybridized carbons (Fsp3) is 0.579. The Balaban J connectivity index is 2.16. The van der Waals surface area contributed by atoms with Crippen LogP contribution in [-0.4, -0.2) is 19.1 Å². The Labute approximate surface area is 149 Å². The van der Waals surface area contributed by atoms with E-state index in [1.165, 1.54) is 0 Å². The van der Waals surface area contributed by atoms with Gasteiger partial charge in [-0.15, -0.1) is 0 Å². The number of nitrogens with two attached hydrogens (primary N) is 1. The molecule has 1 aromatic rings. The molecule has 0 radical (unpaired) electrons. The largest absolute Gasteiger partial charge is 0.508 e. The summed E-state index contributed by atoms with van der Waals surface area (Å²) in [5.41, 5.74) is 1.10. The first kappa shape index (κ1) is 18.3. The number of phenolic OH excluding ortho intramolecular Hbond substituents is 1. The number of ether oxygens (including phenoxy) is 1. The van der Waals surface area contributed by atoms with E-state index in [2.05, 4.69) is 20.8 Å². The van der Waals surface area contributed by atoms with Crippen molar-refractivity contribution in [2.24, 2.45) is 11.1 Å². The van der Waals surface area contributed by atoms with E-state index in [9.17, 15) is 13.5 Å². The summed E-state index contributed by atoms with van der Waals surface area (Å²) in [5, 5.41) is 16.1. The van der Waals surface area contributed by atoms with Crippen LogP contribution in [0.25, 0.3) is 0 Å². The van der Waals surface area contributed by atoms with Crippen LogP contribution in [0.15, 0.2) is 23.1 Å². The van der Waals surface area contributed by atoms with Crippen molar-refractivity contribution in [2.75, 3.05) is 0 Å². The molecule has 0 saturated heterocycles. The van der Waals surface area contributed by atoms with Gasteiger partial charge in [0.1, 0.15) is 17.1 Å². The minimum absolute atomic E-state index is 0.0805. The average molecular weight is 365 g/mol. The molecule has 1 aliphatic heterocycles. The molecule has 138 valence electrons. The number of rotatable bonds is 1. The maximum absolute atomic E-state index is 11.8. The van der Waals surface area contributed by atoms with Gasteiger partial charge in [-0.25, -0.2) is 13.6 Å². The van der Waals surface area contributed by atoms with Gasteiger partial charge in [0.15, 0.2) is 0 Å². The Morgan fingerprint density at radius 3 is 2.48 bits per heavy atom. The number of hydrogen-bond acceptors (Lipinski definition) is 4. The number of hydrogen-bond donors (Lipinski definition) is 2. The van der Waals surface area contributed by atoms with Crippen molar-refractivity contribution in [3.05, 3.63) is 34.2 Å². The molecular formula is C19H27NO4S. The van der Waals surface area contributed by atoms with Gasteiger partial charge in [-0.05, 0) is 49.8 Å². The number of phenols is 1. The van der Waals surface area contributed by atoms with Crippen LogP contribution in [0.4, 0.5) is 0 Å². The molecule has 1 heterocycles. The lowest BCUT2D eigenvalue weighted by molar-refractivity contribution is 0.00794. The molecule has 1 aliphatic carbocycles. The summed E-state index contributed by atoms with van der Waals surface area (Å²) >= 11 is 0. The molecule has 2 aliphatic rings. The topological polar surface area (TPSA) is 89.6 Å².